The van der Waals surface area contributed by atoms with E-state index in [9.17, 15) is 0 Å². The molecule has 0 spiro atoms. The Kier molecular flexibility index (Phi) is 5.04. The third-order valence-corrected chi connectivity index (χ3v) is 3.05. The van der Waals surface area contributed by atoms with E-state index in [1.54, 1.807) is 13.4 Å². The van der Waals surface area contributed by atoms with Gasteiger partial charge in [0.05, 0.1) is 12.9 Å². The molecule has 1 N–H and O–H groups in total. The van der Waals surface area contributed by atoms with Crippen molar-refractivity contribution < 1.29 is 9.15 Å². The minimum atomic E-state index is 0.405. The maximum Gasteiger partial charge on any atom is 0.103 e. The molecule has 1 atom stereocenters. The molecule has 0 saturated heterocycles. The van der Waals surface area contributed by atoms with Gasteiger partial charge in [0, 0.05) is 25.3 Å². The van der Waals surface area contributed by atoms with Gasteiger partial charge in [0.15, 0.2) is 0 Å². The number of furan rings is 1. The lowest BCUT2D eigenvalue weighted by molar-refractivity contribution is 0.185. The Morgan fingerprint density at radius 1 is 1.26 bits per heavy atom. The van der Waals surface area contributed by atoms with E-state index in [0.29, 0.717) is 12.6 Å². The van der Waals surface area contributed by atoms with Crippen LogP contribution in [0.2, 0.25) is 0 Å². The predicted octanol–water partition coefficient (Wildman–Crippen LogP) is 3.86. The van der Waals surface area contributed by atoms with Crippen LogP contribution in [0.1, 0.15) is 24.7 Å². The molecule has 0 radical (unpaired) electrons. The molecule has 19 heavy (non-hydrogen) atoms. The van der Waals surface area contributed by atoms with Crippen molar-refractivity contribution in [1.29, 1.82) is 0 Å². The summed E-state index contributed by atoms with van der Waals surface area (Å²) in [5.74, 6) is 1.04. The number of rotatable bonds is 7. The van der Waals surface area contributed by atoms with Gasteiger partial charge in [-0.1, -0.05) is 12.1 Å². The quantitative estimate of drug-likeness (QED) is 0.820. The van der Waals surface area contributed by atoms with Crippen molar-refractivity contribution in [2.45, 2.75) is 32.4 Å². The van der Waals surface area contributed by atoms with E-state index < -0.39 is 0 Å². The normalized spacial score (nSPS) is 12.3. The van der Waals surface area contributed by atoms with Gasteiger partial charge >= 0.3 is 0 Å². The fraction of sp³-hybridized carbons (Fsp3) is 0.375. The van der Waals surface area contributed by atoms with Crippen LogP contribution >= 0.6 is 0 Å². The lowest BCUT2D eigenvalue weighted by Gasteiger charge is -2.15. The average molecular weight is 259 g/mol. The molecule has 0 fully saturated rings. The first kappa shape index (κ1) is 13.7. The van der Waals surface area contributed by atoms with Crippen molar-refractivity contribution in [3.8, 4) is 0 Å². The second-order valence-electron chi connectivity index (χ2n) is 4.80. The molecule has 0 aliphatic heterocycles. The van der Waals surface area contributed by atoms with E-state index in [4.69, 9.17) is 9.15 Å². The van der Waals surface area contributed by atoms with Crippen molar-refractivity contribution >= 4 is 5.69 Å². The van der Waals surface area contributed by atoms with Crippen LogP contribution < -0.4 is 5.32 Å². The Bertz CT molecular complexity index is 479. The van der Waals surface area contributed by atoms with Crippen molar-refractivity contribution in [3.63, 3.8) is 0 Å². The highest BCUT2D eigenvalue weighted by atomic mass is 16.5. The molecule has 0 saturated carbocycles. The SMILES string of the molecule is COCc1cccc(NC(C)CCc2ccco2)c1. The van der Waals surface area contributed by atoms with Crippen LogP contribution in [0.25, 0.3) is 0 Å². The maximum absolute atomic E-state index is 5.34. The zero-order valence-corrected chi connectivity index (χ0v) is 11.6. The van der Waals surface area contributed by atoms with Gasteiger partial charge in [0.1, 0.15) is 5.76 Å². The van der Waals surface area contributed by atoms with E-state index in [-0.39, 0.29) is 0 Å². The van der Waals surface area contributed by atoms with Crippen LogP contribution in [-0.4, -0.2) is 13.2 Å². The van der Waals surface area contributed by atoms with Crippen molar-refractivity contribution in [2.24, 2.45) is 0 Å². The van der Waals surface area contributed by atoms with Crippen LogP contribution in [0.15, 0.2) is 47.1 Å². The summed E-state index contributed by atoms with van der Waals surface area (Å²) in [5, 5.41) is 3.51. The number of ether oxygens (including phenoxy) is 1. The van der Waals surface area contributed by atoms with Gasteiger partial charge in [-0.15, -0.1) is 0 Å². The molecule has 3 heteroatoms. The fourth-order valence-corrected chi connectivity index (χ4v) is 2.09. The third kappa shape index (κ3) is 4.45. The highest BCUT2D eigenvalue weighted by Crippen LogP contribution is 2.14. The fourth-order valence-electron chi connectivity index (χ4n) is 2.09. The van der Waals surface area contributed by atoms with E-state index in [1.807, 2.05) is 12.1 Å². The Labute approximate surface area is 114 Å². The highest BCUT2D eigenvalue weighted by molar-refractivity contribution is 5.46. The van der Waals surface area contributed by atoms with Crippen LogP contribution in [0.5, 0.6) is 0 Å². The summed E-state index contributed by atoms with van der Waals surface area (Å²) >= 11 is 0. The summed E-state index contributed by atoms with van der Waals surface area (Å²) in [6.07, 6.45) is 3.72. The number of hydrogen-bond acceptors (Lipinski definition) is 3. The lowest BCUT2D eigenvalue weighted by atomic mass is 10.1. The minimum absolute atomic E-state index is 0.405. The molecule has 2 rings (SSSR count). The van der Waals surface area contributed by atoms with Gasteiger partial charge in [-0.25, -0.2) is 0 Å². The van der Waals surface area contributed by atoms with Crippen LogP contribution in [0, 0.1) is 0 Å². The first-order valence-corrected chi connectivity index (χ1v) is 6.64. The number of hydrogen-bond donors (Lipinski definition) is 1. The van der Waals surface area contributed by atoms with Gasteiger partial charge < -0.3 is 14.5 Å². The number of methoxy groups -OCH3 is 1. The van der Waals surface area contributed by atoms with Gasteiger partial charge in [-0.2, -0.15) is 0 Å². The summed E-state index contributed by atoms with van der Waals surface area (Å²) in [4.78, 5) is 0. The van der Waals surface area contributed by atoms with Crippen molar-refractivity contribution in [1.82, 2.24) is 0 Å². The zero-order chi connectivity index (χ0) is 13.5. The summed E-state index contributed by atoms with van der Waals surface area (Å²) in [6.45, 7) is 2.84. The second kappa shape index (κ2) is 7.00. The molecule has 0 bridgehead atoms. The average Bonchev–Trinajstić information content (AvgIpc) is 2.90. The van der Waals surface area contributed by atoms with E-state index in [0.717, 1.165) is 24.3 Å². The van der Waals surface area contributed by atoms with E-state index >= 15 is 0 Å². The van der Waals surface area contributed by atoms with Gasteiger partial charge in [-0.05, 0) is 43.2 Å². The Hall–Kier alpha value is -1.74. The van der Waals surface area contributed by atoms with Crippen LogP contribution in [-0.2, 0) is 17.8 Å². The van der Waals surface area contributed by atoms with Gasteiger partial charge in [0.2, 0.25) is 0 Å². The Morgan fingerprint density at radius 3 is 2.89 bits per heavy atom. The smallest absolute Gasteiger partial charge is 0.103 e. The highest BCUT2D eigenvalue weighted by Gasteiger charge is 2.04. The number of nitrogens with one attached hydrogen (secondary N) is 1. The van der Waals surface area contributed by atoms with E-state index in [2.05, 4.69) is 36.5 Å². The molecular weight excluding hydrogens is 238 g/mol. The summed E-state index contributed by atoms with van der Waals surface area (Å²) in [7, 11) is 1.71. The first-order valence-electron chi connectivity index (χ1n) is 6.64. The number of benzene rings is 1. The molecule has 1 aromatic heterocycles. The lowest BCUT2D eigenvalue weighted by Crippen LogP contribution is -2.16. The monoisotopic (exact) mass is 259 g/mol. The van der Waals surface area contributed by atoms with Crippen molar-refractivity contribution in [3.05, 3.63) is 54.0 Å². The third-order valence-electron chi connectivity index (χ3n) is 3.05. The van der Waals surface area contributed by atoms with Gasteiger partial charge in [-0.3, -0.25) is 0 Å². The van der Waals surface area contributed by atoms with Gasteiger partial charge in [0.25, 0.3) is 0 Å². The molecule has 1 aromatic carbocycles. The molecule has 2 aromatic rings. The first-order chi connectivity index (χ1) is 9.28. The molecule has 102 valence electrons. The van der Waals surface area contributed by atoms with Crippen LogP contribution in [0.3, 0.4) is 0 Å². The Balaban J connectivity index is 1.84. The predicted molar refractivity (Wildman–Crippen MR) is 77.3 cm³/mol. The Morgan fingerprint density at radius 2 is 2.16 bits per heavy atom. The molecular formula is C16H21NO2. The topological polar surface area (TPSA) is 34.4 Å². The molecule has 3 nitrogen and oxygen atoms in total. The summed E-state index contributed by atoms with van der Waals surface area (Å²) < 4.78 is 10.5. The summed E-state index contributed by atoms with van der Waals surface area (Å²) in [5.41, 5.74) is 2.33. The molecule has 0 aliphatic rings. The largest absolute Gasteiger partial charge is 0.469 e. The van der Waals surface area contributed by atoms with E-state index in [1.165, 1.54) is 5.56 Å². The molecule has 1 heterocycles. The molecule has 0 aliphatic carbocycles. The number of anilines is 1. The molecule has 0 amide bonds. The van der Waals surface area contributed by atoms with Crippen LogP contribution in [0.4, 0.5) is 5.69 Å². The summed E-state index contributed by atoms with van der Waals surface area (Å²) in [6, 6.07) is 12.7. The second-order valence-corrected chi connectivity index (χ2v) is 4.80. The van der Waals surface area contributed by atoms with Crippen molar-refractivity contribution in [2.75, 3.05) is 12.4 Å². The zero-order valence-electron chi connectivity index (χ0n) is 11.6. The maximum atomic E-state index is 5.34. The minimum Gasteiger partial charge on any atom is -0.469 e. The number of aryl methyl sites for hydroxylation is 1. The molecule has 1 unspecified atom stereocenters. The standard InChI is InChI=1S/C16H21NO2/c1-13(8-9-16-7-4-10-19-16)17-15-6-3-5-14(11-15)12-18-2/h3-7,10-11,13,17H,8-9,12H2,1-2H3.